The van der Waals surface area contributed by atoms with Gasteiger partial charge in [-0.05, 0) is 59.5 Å². The van der Waals surface area contributed by atoms with Crippen LogP contribution in [0.4, 0.5) is 13.2 Å². The van der Waals surface area contributed by atoms with Gasteiger partial charge in [-0.2, -0.15) is 13.2 Å². The number of piperidine rings is 1. The molecule has 1 saturated heterocycles. The third-order valence-electron chi connectivity index (χ3n) is 5.90. The monoisotopic (exact) mass is 447 g/mol. The normalized spacial score (nSPS) is 18.8. The maximum atomic E-state index is 13.5. The number of fused-ring (bicyclic) bond motifs is 1. The largest absolute Gasteiger partial charge is 0.481 e. The molecule has 3 aromatic rings. The third-order valence-corrected chi connectivity index (χ3v) is 6.25. The summed E-state index contributed by atoms with van der Waals surface area (Å²) in [5.41, 5.74) is 0.369. The number of halogens is 4. The summed E-state index contributed by atoms with van der Waals surface area (Å²) in [6, 6.07) is 16.1. The molecule has 0 amide bonds. The van der Waals surface area contributed by atoms with Crippen molar-refractivity contribution in [3.05, 3.63) is 82.4 Å². The summed E-state index contributed by atoms with van der Waals surface area (Å²) in [4.78, 5) is 13.6. The average molecular weight is 448 g/mol. The topological polar surface area (TPSA) is 40.5 Å². The van der Waals surface area contributed by atoms with Crippen LogP contribution in [0.2, 0.25) is 5.02 Å². The number of aliphatic carboxylic acids is 1. The zero-order valence-electron chi connectivity index (χ0n) is 16.6. The molecule has 3 nitrogen and oxygen atoms in total. The Labute approximate surface area is 183 Å². The highest BCUT2D eigenvalue weighted by molar-refractivity contribution is 6.31. The molecule has 0 radical (unpaired) electrons. The van der Waals surface area contributed by atoms with Crippen LogP contribution in [0.5, 0.6) is 0 Å². The van der Waals surface area contributed by atoms with Crippen molar-refractivity contribution in [3.8, 4) is 0 Å². The Bertz CT molecular complexity index is 1110. The summed E-state index contributed by atoms with van der Waals surface area (Å²) in [5, 5.41) is 11.6. The molecule has 4 rings (SSSR count). The van der Waals surface area contributed by atoms with Crippen molar-refractivity contribution in [1.82, 2.24) is 4.90 Å². The first kappa shape index (κ1) is 21.7. The lowest BCUT2D eigenvalue weighted by molar-refractivity contribution is -0.143. The summed E-state index contributed by atoms with van der Waals surface area (Å²) in [7, 11) is 0. The predicted molar refractivity (Wildman–Crippen MR) is 114 cm³/mol. The molecule has 1 heterocycles. The molecular formula is C24H21ClF3NO2. The second kappa shape index (κ2) is 8.52. The van der Waals surface area contributed by atoms with E-state index in [-0.39, 0.29) is 11.6 Å². The summed E-state index contributed by atoms with van der Waals surface area (Å²) in [5.74, 6) is -1.47. The van der Waals surface area contributed by atoms with E-state index in [9.17, 15) is 23.1 Å². The van der Waals surface area contributed by atoms with Gasteiger partial charge in [0.05, 0.1) is 17.5 Å². The Morgan fingerprint density at radius 2 is 1.81 bits per heavy atom. The predicted octanol–water partition coefficient (Wildman–Crippen LogP) is 6.40. The van der Waals surface area contributed by atoms with Gasteiger partial charge in [-0.15, -0.1) is 0 Å². The van der Waals surface area contributed by atoms with Gasteiger partial charge in [-0.3, -0.25) is 9.69 Å². The molecule has 0 saturated carbocycles. The van der Waals surface area contributed by atoms with E-state index in [0.717, 1.165) is 28.5 Å². The van der Waals surface area contributed by atoms with Crippen LogP contribution in [0.25, 0.3) is 10.8 Å². The zero-order chi connectivity index (χ0) is 22.2. The van der Waals surface area contributed by atoms with E-state index in [1.54, 1.807) is 0 Å². The van der Waals surface area contributed by atoms with Crippen LogP contribution in [-0.4, -0.2) is 29.1 Å². The van der Waals surface area contributed by atoms with E-state index in [1.807, 2.05) is 47.4 Å². The fraction of sp³-hybridized carbons (Fsp3) is 0.292. The van der Waals surface area contributed by atoms with Crippen molar-refractivity contribution >= 4 is 28.3 Å². The highest BCUT2D eigenvalue weighted by atomic mass is 35.5. The Kier molecular flexibility index (Phi) is 5.95. The number of nitrogens with zero attached hydrogens (tertiary/aromatic N) is 1. The minimum absolute atomic E-state index is 0.225. The van der Waals surface area contributed by atoms with Crippen molar-refractivity contribution < 1.29 is 23.1 Å². The summed E-state index contributed by atoms with van der Waals surface area (Å²) in [6.45, 7) is 0.819. The minimum atomic E-state index is -4.51. The molecule has 7 heteroatoms. The third kappa shape index (κ3) is 4.41. The number of rotatable bonds is 4. The molecule has 1 fully saturated rings. The van der Waals surface area contributed by atoms with Crippen molar-refractivity contribution in [2.24, 2.45) is 5.92 Å². The highest BCUT2D eigenvalue weighted by Gasteiger charge is 2.36. The molecule has 1 N–H and O–H groups in total. The number of carbonyl (C=O) groups is 1. The van der Waals surface area contributed by atoms with E-state index in [0.29, 0.717) is 24.9 Å². The lowest BCUT2D eigenvalue weighted by atomic mass is 9.88. The number of carboxylic acid groups (broad SMARTS) is 1. The van der Waals surface area contributed by atoms with E-state index >= 15 is 0 Å². The summed E-state index contributed by atoms with van der Waals surface area (Å²) >= 11 is 6.45. The zero-order valence-corrected chi connectivity index (χ0v) is 17.3. The first-order valence-electron chi connectivity index (χ1n) is 10.1. The second-order valence-corrected chi connectivity index (χ2v) is 8.28. The van der Waals surface area contributed by atoms with Crippen LogP contribution in [0, 0.1) is 5.92 Å². The number of alkyl halides is 3. The van der Waals surface area contributed by atoms with Crippen LogP contribution in [0.1, 0.15) is 35.6 Å². The Morgan fingerprint density at radius 3 is 2.55 bits per heavy atom. The maximum Gasteiger partial charge on any atom is 0.416 e. The van der Waals surface area contributed by atoms with Gasteiger partial charge < -0.3 is 5.11 Å². The summed E-state index contributed by atoms with van der Waals surface area (Å²) < 4.78 is 40.5. The van der Waals surface area contributed by atoms with Gasteiger partial charge in [0.15, 0.2) is 0 Å². The molecule has 2 atom stereocenters. The molecule has 1 aliphatic heterocycles. The standard InChI is InChI=1S/C24H21ClF3NO2/c25-21-11-10-17(24(26,27)28)13-20(21)22(29-12-4-7-16(14-29)23(30)31)19-9-3-6-15-5-1-2-8-18(15)19/h1-3,5-6,8-11,13,16,22H,4,7,12,14H2,(H,30,31). The molecule has 0 aromatic heterocycles. The van der Waals surface area contributed by atoms with E-state index < -0.39 is 29.7 Å². The van der Waals surface area contributed by atoms with Crippen molar-refractivity contribution in [3.63, 3.8) is 0 Å². The van der Waals surface area contributed by atoms with Crippen LogP contribution in [0.3, 0.4) is 0 Å². The molecular weight excluding hydrogens is 427 g/mol. The fourth-order valence-electron chi connectivity index (χ4n) is 4.42. The van der Waals surface area contributed by atoms with Crippen LogP contribution in [0.15, 0.2) is 60.7 Å². The smallest absolute Gasteiger partial charge is 0.416 e. The van der Waals surface area contributed by atoms with Crippen molar-refractivity contribution in [2.45, 2.75) is 25.1 Å². The highest BCUT2D eigenvalue weighted by Crippen LogP contribution is 2.41. The summed E-state index contributed by atoms with van der Waals surface area (Å²) in [6.07, 6.45) is -3.31. The van der Waals surface area contributed by atoms with Gasteiger partial charge in [0, 0.05) is 11.6 Å². The van der Waals surface area contributed by atoms with Gasteiger partial charge in [0.25, 0.3) is 0 Å². The van der Waals surface area contributed by atoms with Crippen molar-refractivity contribution in [2.75, 3.05) is 13.1 Å². The number of likely N-dealkylation sites (tertiary alicyclic amines) is 1. The van der Waals surface area contributed by atoms with Crippen LogP contribution < -0.4 is 0 Å². The first-order valence-corrected chi connectivity index (χ1v) is 10.4. The van der Waals surface area contributed by atoms with Crippen LogP contribution in [-0.2, 0) is 11.0 Å². The fourth-order valence-corrected chi connectivity index (χ4v) is 4.64. The van der Waals surface area contributed by atoms with Crippen molar-refractivity contribution in [1.29, 1.82) is 0 Å². The first-order chi connectivity index (χ1) is 14.8. The molecule has 0 bridgehead atoms. The average Bonchev–Trinajstić information content (AvgIpc) is 2.75. The molecule has 162 valence electrons. The molecule has 0 spiro atoms. The van der Waals surface area contributed by atoms with Crippen LogP contribution >= 0.6 is 11.6 Å². The minimum Gasteiger partial charge on any atom is -0.481 e. The molecule has 2 unspecified atom stereocenters. The Balaban J connectivity index is 1.91. The lowest BCUT2D eigenvalue weighted by Crippen LogP contribution is -2.41. The molecule has 0 aliphatic carbocycles. The Morgan fingerprint density at radius 1 is 1.06 bits per heavy atom. The number of hydrogen-bond acceptors (Lipinski definition) is 2. The van der Waals surface area contributed by atoms with Gasteiger partial charge in [-0.1, -0.05) is 54.1 Å². The number of carboxylic acids is 1. The van der Waals surface area contributed by atoms with E-state index in [1.165, 1.54) is 6.07 Å². The van der Waals surface area contributed by atoms with Gasteiger partial charge >= 0.3 is 12.1 Å². The number of benzene rings is 3. The van der Waals surface area contributed by atoms with Gasteiger partial charge in [0.2, 0.25) is 0 Å². The lowest BCUT2D eigenvalue weighted by Gasteiger charge is -2.38. The SMILES string of the molecule is O=C(O)C1CCCN(C(c2cc(C(F)(F)F)ccc2Cl)c2cccc3ccccc23)C1. The van der Waals surface area contributed by atoms with E-state index in [2.05, 4.69) is 0 Å². The molecule has 3 aromatic carbocycles. The van der Waals surface area contributed by atoms with Gasteiger partial charge in [-0.25, -0.2) is 0 Å². The molecule has 1 aliphatic rings. The van der Waals surface area contributed by atoms with E-state index in [4.69, 9.17) is 11.6 Å². The maximum absolute atomic E-state index is 13.5. The molecule has 31 heavy (non-hydrogen) atoms. The Hall–Kier alpha value is -2.57. The van der Waals surface area contributed by atoms with Gasteiger partial charge in [0.1, 0.15) is 0 Å². The quantitative estimate of drug-likeness (QED) is 0.503. The number of hydrogen-bond donors (Lipinski definition) is 1. The second-order valence-electron chi connectivity index (χ2n) is 7.88.